The minimum absolute atomic E-state index is 0.0447. The normalized spacial score (nSPS) is 17.6. The fourth-order valence-electron chi connectivity index (χ4n) is 2.94. The molecular weight excluding hydrogens is 324 g/mol. The number of hydrogen-bond donors (Lipinski definition) is 2. The third kappa shape index (κ3) is 4.23. The van der Waals surface area contributed by atoms with E-state index in [9.17, 15) is 8.78 Å². The quantitative estimate of drug-likeness (QED) is 0.660. The fraction of sp³-hybridized carbons (Fsp3) is 0.333. The molecule has 0 saturated carbocycles. The molecule has 5 nitrogen and oxygen atoms in total. The predicted octanol–water partition coefficient (Wildman–Crippen LogP) is 2.30. The minimum atomic E-state index is -0.529. The Morgan fingerprint density at radius 1 is 1.24 bits per heavy atom. The molecule has 2 aromatic rings. The molecule has 2 N–H and O–H groups in total. The number of nitrogens with one attached hydrogen (secondary N) is 2. The van der Waals surface area contributed by atoms with Gasteiger partial charge in [-0.25, -0.2) is 8.78 Å². The first-order valence-electron chi connectivity index (χ1n) is 8.23. The SMILES string of the molecule is CN=C(NCc1ccccn1)NC1CCN(c2c(F)cccc2F)C1. The predicted molar refractivity (Wildman–Crippen MR) is 94.5 cm³/mol. The summed E-state index contributed by atoms with van der Waals surface area (Å²) in [5.74, 6) is -0.414. The van der Waals surface area contributed by atoms with Gasteiger partial charge in [0.25, 0.3) is 0 Å². The Labute approximate surface area is 145 Å². The number of benzene rings is 1. The number of pyridine rings is 1. The van der Waals surface area contributed by atoms with Crippen LogP contribution in [0, 0.1) is 11.6 Å². The van der Waals surface area contributed by atoms with E-state index in [0.29, 0.717) is 25.6 Å². The van der Waals surface area contributed by atoms with E-state index in [1.54, 1.807) is 18.1 Å². The van der Waals surface area contributed by atoms with Crippen molar-refractivity contribution in [3.05, 3.63) is 59.9 Å². The van der Waals surface area contributed by atoms with Crippen LogP contribution in [0.1, 0.15) is 12.1 Å². The Kier molecular flexibility index (Phi) is 5.42. The second-order valence-electron chi connectivity index (χ2n) is 5.89. The van der Waals surface area contributed by atoms with Crippen molar-refractivity contribution in [3.63, 3.8) is 0 Å². The van der Waals surface area contributed by atoms with Crippen LogP contribution in [0.3, 0.4) is 0 Å². The van der Waals surface area contributed by atoms with E-state index in [2.05, 4.69) is 20.6 Å². The van der Waals surface area contributed by atoms with Gasteiger partial charge in [-0.1, -0.05) is 12.1 Å². The highest BCUT2D eigenvalue weighted by Crippen LogP contribution is 2.26. The summed E-state index contributed by atoms with van der Waals surface area (Å²) in [7, 11) is 1.69. The average molecular weight is 345 g/mol. The number of anilines is 1. The maximum atomic E-state index is 13.9. The van der Waals surface area contributed by atoms with Gasteiger partial charge in [0.05, 0.1) is 12.2 Å². The van der Waals surface area contributed by atoms with Crippen LogP contribution in [-0.4, -0.2) is 37.1 Å². The van der Waals surface area contributed by atoms with Gasteiger partial charge in [0.15, 0.2) is 5.96 Å². The lowest BCUT2D eigenvalue weighted by Gasteiger charge is -2.21. The lowest BCUT2D eigenvalue weighted by Crippen LogP contribution is -2.44. The second kappa shape index (κ2) is 7.92. The van der Waals surface area contributed by atoms with Gasteiger partial charge in [0, 0.05) is 32.4 Å². The fourth-order valence-corrected chi connectivity index (χ4v) is 2.94. The molecule has 1 aromatic carbocycles. The Bertz CT molecular complexity index is 715. The molecule has 0 spiro atoms. The van der Waals surface area contributed by atoms with E-state index < -0.39 is 11.6 Å². The van der Waals surface area contributed by atoms with Crippen LogP contribution in [0.4, 0.5) is 14.5 Å². The number of nitrogens with zero attached hydrogens (tertiary/aromatic N) is 3. The lowest BCUT2D eigenvalue weighted by atomic mass is 10.2. The van der Waals surface area contributed by atoms with E-state index in [4.69, 9.17) is 0 Å². The lowest BCUT2D eigenvalue weighted by molar-refractivity contribution is 0.576. The highest BCUT2D eigenvalue weighted by molar-refractivity contribution is 5.80. The smallest absolute Gasteiger partial charge is 0.191 e. The van der Waals surface area contributed by atoms with Crippen LogP contribution in [0.5, 0.6) is 0 Å². The molecule has 1 aliphatic heterocycles. The highest BCUT2D eigenvalue weighted by atomic mass is 19.1. The molecular formula is C18H21F2N5. The van der Waals surface area contributed by atoms with Gasteiger partial charge in [-0.3, -0.25) is 9.98 Å². The number of halogens is 2. The number of aromatic nitrogens is 1. The third-order valence-electron chi connectivity index (χ3n) is 4.17. The van der Waals surface area contributed by atoms with Crippen LogP contribution in [0.15, 0.2) is 47.6 Å². The van der Waals surface area contributed by atoms with Crippen molar-refractivity contribution >= 4 is 11.6 Å². The number of para-hydroxylation sites is 1. The Hall–Kier alpha value is -2.70. The molecule has 1 aromatic heterocycles. The summed E-state index contributed by atoms with van der Waals surface area (Å²) in [4.78, 5) is 10.2. The molecule has 1 atom stereocenters. The van der Waals surface area contributed by atoms with Crippen molar-refractivity contribution in [2.45, 2.75) is 19.0 Å². The summed E-state index contributed by atoms with van der Waals surface area (Å²) in [6, 6.07) is 9.73. The minimum Gasteiger partial charge on any atom is -0.365 e. The third-order valence-corrected chi connectivity index (χ3v) is 4.17. The topological polar surface area (TPSA) is 52.6 Å². The largest absolute Gasteiger partial charge is 0.365 e. The van der Waals surface area contributed by atoms with Crippen molar-refractivity contribution in [3.8, 4) is 0 Å². The van der Waals surface area contributed by atoms with Crippen molar-refractivity contribution in [2.24, 2.45) is 4.99 Å². The molecule has 1 unspecified atom stereocenters. The van der Waals surface area contributed by atoms with E-state index in [-0.39, 0.29) is 11.7 Å². The van der Waals surface area contributed by atoms with Gasteiger partial charge >= 0.3 is 0 Å². The molecule has 7 heteroatoms. The first-order chi connectivity index (χ1) is 12.2. The molecule has 0 aliphatic carbocycles. The monoisotopic (exact) mass is 345 g/mol. The maximum absolute atomic E-state index is 13.9. The van der Waals surface area contributed by atoms with Crippen LogP contribution in [0.25, 0.3) is 0 Å². The highest BCUT2D eigenvalue weighted by Gasteiger charge is 2.27. The Morgan fingerprint density at radius 3 is 2.72 bits per heavy atom. The summed E-state index contributed by atoms with van der Waals surface area (Å²) < 4.78 is 27.8. The molecule has 0 radical (unpaired) electrons. The molecule has 0 amide bonds. The second-order valence-corrected chi connectivity index (χ2v) is 5.89. The van der Waals surface area contributed by atoms with Gasteiger partial charge in [0.1, 0.15) is 17.3 Å². The summed E-state index contributed by atoms with van der Waals surface area (Å²) in [6.07, 6.45) is 2.52. The summed E-state index contributed by atoms with van der Waals surface area (Å²) >= 11 is 0. The van der Waals surface area contributed by atoms with Crippen LogP contribution in [0.2, 0.25) is 0 Å². The zero-order valence-electron chi connectivity index (χ0n) is 14.0. The standard InChI is InChI=1S/C18H21F2N5/c1-21-18(23-11-13-5-2-3-9-22-13)24-14-8-10-25(12-14)17-15(19)6-4-7-16(17)20/h2-7,9,14H,8,10-12H2,1H3,(H2,21,23,24). The van der Waals surface area contributed by atoms with Gasteiger partial charge < -0.3 is 15.5 Å². The summed E-state index contributed by atoms with van der Waals surface area (Å²) in [5, 5.41) is 6.50. The van der Waals surface area contributed by atoms with Crippen LogP contribution in [-0.2, 0) is 6.54 Å². The van der Waals surface area contributed by atoms with Crippen LogP contribution < -0.4 is 15.5 Å². The zero-order valence-corrected chi connectivity index (χ0v) is 14.0. The number of hydrogen-bond acceptors (Lipinski definition) is 3. The molecule has 1 aliphatic rings. The van der Waals surface area contributed by atoms with E-state index in [0.717, 1.165) is 12.1 Å². The molecule has 132 valence electrons. The van der Waals surface area contributed by atoms with Gasteiger partial charge in [-0.2, -0.15) is 0 Å². The molecule has 0 bridgehead atoms. The maximum Gasteiger partial charge on any atom is 0.191 e. The Morgan fingerprint density at radius 2 is 2.04 bits per heavy atom. The molecule has 3 rings (SSSR count). The van der Waals surface area contributed by atoms with Crippen molar-refractivity contribution in [1.82, 2.24) is 15.6 Å². The average Bonchev–Trinajstić information content (AvgIpc) is 3.07. The molecule has 2 heterocycles. The van der Waals surface area contributed by atoms with E-state index in [1.807, 2.05) is 18.2 Å². The Balaban J connectivity index is 1.56. The van der Waals surface area contributed by atoms with Crippen molar-refractivity contribution in [2.75, 3.05) is 25.0 Å². The summed E-state index contributed by atoms with van der Waals surface area (Å²) in [5.41, 5.74) is 0.954. The van der Waals surface area contributed by atoms with E-state index in [1.165, 1.54) is 18.2 Å². The van der Waals surface area contributed by atoms with Crippen molar-refractivity contribution < 1.29 is 8.78 Å². The molecule has 1 fully saturated rings. The van der Waals surface area contributed by atoms with Crippen molar-refractivity contribution in [1.29, 1.82) is 0 Å². The van der Waals surface area contributed by atoms with E-state index >= 15 is 0 Å². The summed E-state index contributed by atoms with van der Waals surface area (Å²) in [6.45, 7) is 1.66. The number of aliphatic imine (C=N–C) groups is 1. The molecule has 25 heavy (non-hydrogen) atoms. The van der Waals surface area contributed by atoms with Crippen LogP contribution >= 0.6 is 0 Å². The number of guanidine groups is 1. The zero-order chi connectivity index (χ0) is 17.6. The first-order valence-corrected chi connectivity index (χ1v) is 8.23. The van der Waals surface area contributed by atoms with Gasteiger partial charge in [-0.15, -0.1) is 0 Å². The molecule has 1 saturated heterocycles. The van der Waals surface area contributed by atoms with Gasteiger partial charge in [0.2, 0.25) is 0 Å². The first kappa shape index (κ1) is 17.1. The van der Waals surface area contributed by atoms with Gasteiger partial charge in [-0.05, 0) is 30.7 Å². The number of rotatable bonds is 4.